The number of aromatic nitrogens is 2. The number of hydrogen-bond acceptors (Lipinski definition) is 1. The van der Waals surface area contributed by atoms with Gasteiger partial charge in [0.2, 0.25) is 0 Å². The summed E-state index contributed by atoms with van der Waals surface area (Å²) in [5, 5.41) is 0. The molecule has 0 saturated heterocycles. The standard InChI is InChI=1S/C41H74N2/c1-4-6-8-10-12-14-16-17-18-19-20-22-24-26-29-33-41(34-30-27-31-35-41)38-40-42-36-37-43(40)39(3)32-28-25-23-21-15-13-11-9-7-5-2/h27,30-31,34,36-37,39H,4-26,28-29,32-33,35,38H2,1-3H3. The molecular weight excluding hydrogens is 520 g/mol. The first-order valence-corrected chi connectivity index (χ1v) is 19.6. The molecule has 0 saturated carbocycles. The molecule has 1 aliphatic carbocycles. The summed E-state index contributed by atoms with van der Waals surface area (Å²) in [7, 11) is 0. The van der Waals surface area contributed by atoms with Crippen molar-refractivity contribution in [3.63, 3.8) is 0 Å². The maximum atomic E-state index is 4.90. The van der Waals surface area contributed by atoms with Gasteiger partial charge in [-0.3, -0.25) is 0 Å². The lowest BCUT2D eigenvalue weighted by atomic mass is 9.74. The van der Waals surface area contributed by atoms with Crippen LogP contribution in [0.4, 0.5) is 0 Å². The summed E-state index contributed by atoms with van der Waals surface area (Å²) >= 11 is 0. The minimum Gasteiger partial charge on any atom is -0.332 e. The van der Waals surface area contributed by atoms with Crippen LogP contribution >= 0.6 is 0 Å². The zero-order chi connectivity index (χ0) is 30.7. The lowest BCUT2D eigenvalue weighted by Crippen LogP contribution is -2.25. The topological polar surface area (TPSA) is 17.8 Å². The number of imidazole rings is 1. The Kier molecular flexibility index (Phi) is 22.9. The zero-order valence-corrected chi connectivity index (χ0v) is 29.4. The minimum absolute atomic E-state index is 0.255. The van der Waals surface area contributed by atoms with Crippen LogP contribution in [0.2, 0.25) is 0 Å². The second-order valence-corrected chi connectivity index (χ2v) is 14.3. The molecule has 1 aromatic rings. The fourth-order valence-electron chi connectivity index (χ4n) is 7.23. The predicted octanol–water partition coefficient (Wildman–Crippen LogP) is 14.1. The maximum Gasteiger partial charge on any atom is 0.109 e. The Hall–Kier alpha value is -1.31. The zero-order valence-electron chi connectivity index (χ0n) is 29.4. The number of unbranched alkanes of at least 4 members (excludes halogenated alkanes) is 23. The summed E-state index contributed by atoms with van der Waals surface area (Å²) in [6.45, 7) is 7.02. The lowest BCUT2D eigenvalue weighted by molar-refractivity contribution is 0.315. The average molecular weight is 595 g/mol. The molecule has 0 spiro atoms. The van der Waals surface area contributed by atoms with Crippen LogP contribution in [0.15, 0.2) is 36.7 Å². The third-order valence-corrected chi connectivity index (χ3v) is 10.2. The Morgan fingerprint density at radius 1 is 0.628 bits per heavy atom. The molecule has 2 heteroatoms. The lowest BCUT2D eigenvalue weighted by Gasteiger charge is -2.32. The van der Waals surface area contributed by atoms with Crippen molar-refractivity contribution in [2.45, 2.75) is 213 Å². The van der Waals surface area contributed by atoms with Gasteiger partial charge in [-0.25, -0.2) is 4.98 Å². The Bertz CT molecular complexity index is 804. The van der Waals surface area contributed by atoms with Crippen molar-refractivity contribution < 1.29 is 0 Å². The summed E-state index contributed by atoms with van der Waals surface area (Å²) in [5.41, 5.74) is 0.255. The first-order chi connectivity index (χ1) is 21.2. The van der Waals surface area contributed by atoms with Gasteiger partial charge in [0.1, 0.15) is 5.82 Å². The van der Waals surface area contributed by atoms with Crippen LogP contribution in [0, 0.1) is 5.41 Å². The van der Waals surface area contributed by atoms with Crippen molar-refractivity contribution in [1.82, 2.24) is 9.55 Å². The van der Waals surface area contributed by atoms with E-state index in [4.69, 9.17) is 4.98 Å². The van der Waals surface area contributed by atoms with Gasteiger partial charge in [0.25, 0.3) is 0 Å². The highest BCUT2D eigenvalue weighted by molar-refractivity contribution is 5.19. The molecule has 0 bridgehead atoms. The minimum atomic E-state index is 0.255. The first kappa shape index (κ1) is 37.9. The summed E-state index contributed by atoms with van der Waals surface area (Å²) in [6, 6.07) is 0.553. The number of allylic oxidation sites excluding steroid dienone is 4. The third-order valence-electron chi connectivity index (χ3n) is 10.2. The molecule has 0 aliphatic heterocycles. The molecule has 0 aromatic carbocycles. The molecule has 2 atom stereocenters. The molecule has 2 nitrogen and oxygen atoms in total. The van der Waals surface area contributed by atoms with Gasteiger partial charge in [-0.1, -0.05) is 199 Å². The molecule has 0 amide bonds. The van der Waals surface area contributed by atoms with Crippen molar-refractivity contribution in [3.8, 4) is 0 Å². The van der Waals surface area contributed by atoms with Crippen LogP contribution in [0.25, 0.3) is 0 Å². The largest absolute Gasteiger partial charge is 0.332 e. The molecule has 1 aromatic heterocycles. The van der Waals surface area contributed by atoms with E-state index in [1.54, 1.807) is 0 Å². The third kappa shape index (κ3) is 18.3. The van der Waals surface area contributed by atoms with Crippen molar-refractivity contribution in [2.75, 3.05) is 0 Å². The normalized spacial score (nSPS) is 17.2. The van der Waals surface area contributed by atoms with E-state index in [1.807, 2.05) is 6.20 Å². The molecule has 2 rings (SSSR count). The van der Waals surface area contributed by atoms with Gasteiger partial charge in [-0.05, 0) is 31.6 Å². The second-order valence-electron chi connectivity index (χ2n) is 14.3. The van der Waals surface area contributed by atoms with Crippen LogP contribution in [0.3, 0.4) is 0 Å². The maximum absolute atomic E-state index is 4.90. The number of nitrogens with zero attached hydrogens (tertiary/aromatic N) is 2. The molecule has 1 aliphatic rings. The molecular formula is C41H74N2. The molecule has 0 fully saturated rings. The van der Waals surface area contributed by atoms with Crippen molar-refractivity contribution in [1.29, 1.82) is 0 Å². The predicted molar refractivity (Wildman–Crippen MR) is 192 cm³/mol. The van der Waals surface area contributed by atoms with Gasteiger partial charge < -0.3 is 4.57 Å². The van der Waals surface area contributed by atoms with Crippen LogP contribution in [-0.4, -0.2) is 9.55 Å². The molecule has 2 unspecified atom stereocenters. The SMILES string of the molecule is CCCCCCCCCCCCCCCCCC1(Cc2nccn2C(C)CCCCCCCCCCCC)C=CC=CC1. The number of hydrogen-bond donors (Lipinski definition) is 0. The van der Waals surface area contributed by atoms with E-state index in [-0.39, 0.29) is 5.41 Å². The Balaban J connectivity index is 1.59. The van der Waals surface area contributed by atoms with Gasteiger partial charge in [0, 0.05) is 24.9 Å². The van der Waals surface area contributed by atoms with Crippen LogP contribution < -0.4 is 0 Å². The highest BCUT2D eigenvalue weighted by Gasteiger charge is 2.29. The van der Waals surface area contributed by atoms with Gasteiger partial charge in [-0.2, -0.15) is 0 Å². The Labute approximate surface area is 270 Å². The summed E-state index contributed by atoms with van der Waals surface area (Å²) in [6.07, 6.45) is 54.2. The highest BCUT2D eigenvalue weighted by atomic mass is 15.1. The second kappa shape index (κ2) is 26.0. The average Bonchev–Trinajstić information content (AvgIpc) is 3.48. The molecule has 248 valence electrons. The van der Waals surface area contributed by atoms with Crippen molar-refractivity contribution >= 4 is 0 Å². The van der Waals surface area contributed by atoms with E-state index >= 15 is 0 Å². The smallest absolute Gasteiger partial charge is 0.109 e. The van der Waals surface area contributed by atoms with Crippen LogP contribution in [0.5, 0.6) is 0 Å². The highest BCUT2D eigenvalue weighted by Crippen LogP contribution is 2.38. The fraction of sp³-hybridized carbons (Fsp3) is 0.829. The monoisotopic (exact) mass is 595 g/mol. The van der Waals surface area contributed by atoms with E-state index in [2.05, 4.69) is 55.8 Å². The molecule has 0 N–H and O–H groups in total. The molecule has 0 radical (unpaired) electrons. The van der Waals surface area contributed by atoms with Crippen LogP contribution in [0.1, 0.15) is 212 Å². The van der Waals surface area contributed by atoms with Gasteiger partial charge in [0.15, 0.2) is 0 Å². The van der Waals surface area contributed by atoms with E-state index in [0.29, 0.717) is 6.04 Å². The van der Waals surface area contributed by atoms with Gasteiger partial charge in [-0.15, -0.1) is 0 Å². The quantitative estimate of drug-likeness (QED) is 0.0810. The van der Waals surface area contributed by atoms with E-state index < -0.39 is 0 Å². The molecule has 43 heavy (non-hydrogen) atoms. The van der Waals surface area contributed by atoms with E-state index in [1.165, 1.54) is 186 Å². The van der Waals surface area contributed by atoms with E-state index in [9.17, 15) is 0 Å². The Morgan fingerprint density at radius 2 is 1.09 bits per heavy atom. The number of rotatable bonds is 30. The first-order valence-electron chi connectivity index (χ1n) is 19.6. The van der Waals surface area contributed by atoms with E-state index in [0.717, 1.165) is 6.42 Å². The van der Waals surface area contributed by atoms with Gasteiger partial charge in [0.05, 0.1) is 0 Å². The Morgan fingerprint density at radius 3 is 1.56 bits per heavy atom. The summed E-state index contributed by atoms with van der Waals surface area (Å²) < 4.78 is 2.51. The fourth-order valence-corrected chi connectivity index (χ4v) is 7.23. The van der Waals surface area contributed by atoms with Crippen molar-refractivity contribution in [2.24, 2.45) is 5.41 Å². The van der Waals surface area contributed by atoms with Crippen LogP contribution in [-0.2, 0) is 6.42 Å². The molecule has 1 heterocycles. The van der Waals surface area contributed by atoms with Gasteiger partial charge >= 0.3 is 0 Å². The summed E-state index contributed by atoms with van der Waals surface area (Å²) in [4.78, 5) is 4.90. The van der Waals surface area contributed by atoms with Crippen molar-refractivity contribution in [3.05, 3.63) is 42.5 Å². The summed E-state index contributed by atoms with van der Waals surface area (Å²) in [5.74, 6) is 1.31.